The highest BCUT2D eigenvalue weighted by Gasteiger charge is 2.56. The maximum Gasteiger partial charge on any atom is 0.241 e. The minimum absolute atomic E-state index is 0.0654. The molecule has 1 saturated carbocycles. The molecule has 21 heavy (non-hydrogen) atoms. The molecule has 3 unspecified atom stereocenters. The van der Waals surface area contributed by atoms with Crippen molar-refractivity contribution in [3.05, 3.63) is 0 Å². The molecule has 0 aromatic heterocycles. The van der Waals surface area contributed by atoms with Crippen molar-refractivity contribution >= 4 is 5.91 Å². The zero-order valence-corrected chi connectivity index (χ0v) is 14.4. The molecule has 1 aliphatic heterocycles. The molecular weight excluding hydrogens is 264 g/mol. The first-order chi connectivity index (χ1) is 9.70. The third-order valence-corrected chi connectivity index (χ3v) is 5.94. The van der Waals surface area contributed by atoms with E-state index in [1.165, 1.54) is 12.8 Å². The van der Waals surface area contributed by atoms with Crippen molar-refractivity contribution in [2.45, 2.75) is 71.7 Å². The van der Waals surface area contributed by atoms with Crippen LogP contribution in [0, 0.1) is 23.7 Å². The molecule has 0 aromatic carbocycles. The fourth-order valence-corrected chi connectivity index (χ4v) is 4.39. The van der Waals surface area contributed by atoms with Crippen molar-refractivity contribution in [2.24, 2.45) is 23.7 Å². The average Bonchev–Trinajstić information content (AvgIpc) is 2.63. The van der Waals surface area contributed by atoms with Gasteiger partial charge in [0.15, 0.2) is 0 Å². The summed E-state index contributed by atoms with van der Waals surface area (Å²) in [5.74, 6) is 1.73. The van der Waals surface area contributed by atoms with Gasteiger partial charge < -0.3 is 10.0 Å². The molecule has 6 atom stereocenters. The van der Waals surface area contributed by atoms with Crippen LogP contribution in [0.3, 0.4) is 0 Å². The third-order valence-electron chi connectivity index (χ3n) is 5.94. The number of rotatable bonds is 3. The van der Waals surface area contributed by atoms with Gasteiger partial charge in [0, 0.05) is 13.0 Å². The number of nitrogens with zero attached hydrogens (tertiary/aromatic N) is 1. The van der Waals surface area contributed by atoms with Crippen molar-refractivity contribution < 1.29 is 9.90 Å². The molecular formula is C17H32N2O2. The van der Waals surface area contributed by atoms with Crippen LogP contribution in [0.25, 0.3) is 0 Å². The van der Waals surface area contributed by atoms with Gasteiger partial charge in [-0.05, 0) is 37.5 Å². The molecule has 2 rings (SSSR count). The molecule has 122 valence electrons. The normalized spacial score (nSPS) is 40.1. The van der Waals surface area contributed by atoms with E-state index in [-0.39, 0.29) is 23.5 Å². The van der Waals surface area contributed by atoms with E-state index in [9.17, 15) is 9.90 Å². The monoisotopic (exact) mass is 296 g/mol. The predicted octanol–water partition coefficient (Wildman–Crippen LogP) is 2.22. The SMILES string of the molecule is CC1CCC(C(C)C)C2(C1)N[C@@H]([C@@H](C)[C@@H](C)O)C(=O)N2C. The number of carbonyl (C=O) groups excluding carboxylic acids is 1. The van der Waals surface area contributed by atoms with Crippen molar-refractivity contribution in [1.82, 2.24) is 10.2 Å². The fraction of sp³-hybridized carbons (Fsp3) is 0.941. The Hall–Kier alpha value is -0.610. The van der Waals surface area contributed by atoms with E-state index in [0.29, 0.717) is 17.8 Å². The van der Waals surface area contributed by atoms with Crippen LogP contribution in [0.5, 0.6) is 0 Å². The smallest absolute Gasteiger partial charge is 0.241 e. The van der Waals surface area contributed by atoms with Crippen LogP contribution in [0.2, 0.25) is 0 Å². The van der Waals surface area contributed by atoms with Crippen LogP contribution in [-0.2, 0) is 4.79 Å². The highest BCUT2D eigenvalue weighted by molar-refractivity contribution is 5.85. The fourth-order valence-electron chi connectivity index (χ4n) is 4.39. The van der Waals surface area contributed by atoms with Crippen LogP contribution < -0.4 is 5.32 Å². The van der Waals surface area contributed by atoms with E-state index >= 15 is 0 Å². The molecule has 1 amide bonds. The number of likely N-dealkylation sites (N-methyl/N-ethyl adjacent to an activating group) is 1. The van der Waals surface area contributed by atoms with Gasteiger partial charge in [-0.25, -0.2) is 0 Å². The third kappa shape index (κ3) is 2.72. The molecule has 1 aliphatic carbocycles. The summed E-state index contributed by atoms with van der Waals surface area (Å²) in [7, 11) is 1.94. The Labute approximate surface area is 129 Å². The van der Waals surface area contributed by atoms with Crippen LogP contribution in [-0.4, -0.2) is 40.8 Å². The second kappa shape index (κ2) is 5.88. The summed E-state index contributed by atoms with van der Waals surface area (Å²) < 4.78 is 0. The minimum Gasteiger partial charge on any atom is -0.393 e. The Balaban J connectivity index is 2.33. The molecule has 0 aromatic rings. The number of hydrogen-bond donors (Lipinski definition) is 2. The molecule has 1 heterocycles. The Kier molecular flexibility index (Phi) is 4.69. The van der Waals surface area contributed by atoms with Crippen LogP contribution in [0.1, 0.15) is 53.9 Å². The van der Waals surface area contributed by atoms with Gasteiger partial charge in [-0.2, -0.15) is 0 Å². The quantitative estimate of drug-likeness (QED) is 0.839. The molecule has 2 fully saturated rings. The van der Waals surface area contributed by atoms with Gasteiger partial charge in [-0.3, -0.25) is 10.1 Å². The first kappa shape index (κ1) is 16.8. The van der Waals surface area contributed by atoms with Crippen LogP contribution in [0.15, 0.2) is 0 Å². The molecule has 0 radical (unpaired) electrons. The Bertz CT molecular complexity index is 396. The lowest BCUT2D eigenvalue weighted by molar-refractivity contribution is -0.135. The minimum atomic E-state index is -0.478. The number of carbonyl (C=O) groups is 1. The van der Waals surface area contributed by atoms with Gasteiger partial charge >= 0.3 is 0 Å². The maximum atomic E-state index is 12.8. The number of amides is 1. The zero-order valence-electron chi connectivity index (χ0n) is 14.4. The Morgan fingerprint density at radius 3 is 2.43 bits per heavy atom. The first-order valence-corrected chi connectivity index (χ1v) is 8.44. The molecule has 1 spiro atoms. The number of nitrogens with one attached hydrogen (secondary N) is 1. The topological polar surface area (TPSA) is 52.6 Å². The lowest BCUT2D eigenvalue weighted by Crippen LogP contribution is -2.61. The van der Waals surface area contributed by atoms with Gasteiger partial charge in [-0.1, -0.05) is 34.1 Å². The van der Waals surface area contributed by atoms with Gasteiger partial charge in [-0.15, -0.1) is 0 Å². The summed E-state index contributed by atoms with van der Waals surface area (Å²) in [6.07, 6.45) is 2.94. The summed E-state index contributed by atoms with van der Waals surface area (Å²) in [6.45, 7) is 10.5. The second-order valence-electron chi connectivity index (χ2n) is 7.78. The van der Waals surface area contributed by atoms with E-state index in [0.717, 1.165) is 6.42 Å². The predicted molar refractivity (Wildman–Crippen MR) is 84.6 cm³/mol. The number of aliphatic hydroxyl groups is 1. The molecule has 2 aliphatic rings. The summed E-state index contributed by atoms with van der Waals surface area (Å²) >= 11 is 0. The summed E-state index contributed by atoms with van der Waals surface area (Å²) in [4.78, 5) is 14.7. The highest BCUT2D eigenvalue weighted by atomic mass is 16.3. The van der Waals surface area contributed by atoms with E-state index in [1.54, 1.807) is 6.92 Å². The lowest BCUT2D eigenvalue weighted by atomic mass is 9.69. The summed E-state index contributed by atoms with van der Waals surface area (Å²) in [6, 6.07) is -0.262. The lowest BCUT2D eigenvalue weighted by Gasteiger charge is -2.49. The van der Waals surface area contributed by atoms with E-state index in [4.69, 9.17) is 0 Å². The molecule has 4 heteroatoms. The zero-order chi connectivity index (χ0) is 15.9. The van der Waals surface area contributed by atoms with Crippen molar-refractivity contribution in [3.63, 3.8) is 0 Å². The molecule has 0 bridgehead atoms. The highest BCUT2D eigenvalue weighted by Crippen LogP contribution is 2.46. The van der Waals surface area contributed by atoms with Gasteiger partial charge in [0.25, 0.3) is 0 Å². The summed E-state index contributed by atoms with van der Waals surface area (Å²) in [5, 5.41) is 13.6. The van der Waals surface area contributed by atoms with Gasteiger partial charge in [0.05, 0.1) is 17.8 Å². The van der Waals surface area contributed by atoms with Crippen molar-refractivity contribution in [3.8, 4) is 0 Å². The van der Waals surface area contributed by atoms with Gasteiger partial charge in [0.1, 0.15) is 0 Å². The van der Waals surface area contributed by atoms with E-state index in [1.807, 2.05) is 18.9 Å². The van der Waals surface area contributed by atoms with Crippen molar-refractivity contribution in [1.29, 1.82) is 0 Å². The molecule has 1 saturated heterocycles. The largest absolute Gasteiger partial charge is 0.393 e. The Morgan fingerprint density at radius 2 is 1.90 bits per heavy atom. The number of hydrogen-bond acceptors (Lipinski definition) is 3. The second-order valence-corrected chi connectivity index (χ2v) is 7.78. The van der Waals surface area contributed by atoms with Crippen LogP contribution >= 0.6 is 0 Å². The van der Waals surface area contributed by atoms with Gasteiger partial charge in [0.2, 0.25) is 5.91 Å². The Morgan fingerprint density at radius 1 is 1.29 bits per heavy atom. The molecule has 2 N–H and O–H groups in total. The van der Waals surface area contributed by atoms with Crippen LogP contribution in [0.4, 0.5) is 0 Å². The number of aliphatic hydroxyl groups excluding tert-OH is 1. The summed E-state index contributed by atoms with van der Waals surface area (Å²) in [5.41, 5.74) is -0.225. The van der Waals surface area contributed by atoms with Crippen molar-refractivity contribution in [2.75, 3.05) is 7.05 Å². The standard InChI is InChI=1S/C17H32N2O2/c1-10(2)14-8-7-11(3)9-17(14)18-15(12(4)13(5)20)16(21)19(17)6/h10-15,18,20H,7-9H2,1-6H3/t11?,12-,13+,14?,15-,17?/m0/s1. The maximum absolute atomic E-state index is 12.8. The molecule has 4 nitrogen and oxygen atoms in total. The van der Waals surface area contributed by atoms with E-state index < -0.39 is 6.10 Å². The average molecular weight is 296 g/mol. The first-order valence-electron chi connectivity index (χ1n) is 8.44. The van der Waals surface area contributed by atoms with E-state index in [2.05, 4.69) is 26.1 Å².